The minimum absolute atomic E-state index is 0.0764. The molecular weight excluding hydrogens is 330 g/mol. The highest BCUT2D eigenvalue weighted by atomic mass is 16.5. The van der Waals surface area contributed by atoms with Gasteiger partial charge in [-0.15, -0.1) is 0 Å². The first-order chi connectivity index (χ1) is 12.6. The van der Waals surface area contributed by atoms with E-state index in [4.69, 9.17) is 4.74 Å². The number of ether oxygens (including phenoxy) is 1. The fraction of sp³-hybridized carbons (Fsp3) is 0.143. The number of carbonyl (C=O) groups is 2. The Morgan fingerprint density at radius 1 is 1.08 bits per heavy atom. The maximum absolute atomic E-state index is 12.3. The van der Waals surface area contributed by atoms with Gasteiger partial charge in [0.2, 0.25) is 5.91 Å². The summed E-state index contributed by atoms with van der Waals surface area (Å²) in [5, 5.41) is 15.9. The number of carbonyl (C=O) groups excluding carboxylic acids is 2. The molecule has 0 saturated carbocycles. The number of benzene rings is 3. The molecule has 26 heavy (non-hydrogen) atoms. The number of para-hydroxylation sites is 1. The van der Waals surface area contributed by atoms with Gasteiger partial charge in [-0.05, 0) is 28.5 Å². The number of fused-ring (bicyclic) bond motifs is 3. The van der Waals surface area contributed by atoms with Gasteiger partial charge >= 0.3 is 0 Å². The van der Waals surface area contributed by atoms with E-state index in [1.54, 1.807) is 12.1 Å². The minimum Gasteiger partial charge on any atom is -0.546 e. The molecule has 0 fully saturated rings. The van der Waals surface area contributed by atoms with E-state index in [0.717, 1.165) is 27.6 Å². The lowest BCUT2D eigenvalue weighted by molar-refractivity contribution is -0.307. The summed E-state index contributed by atoms with van der Waals surface area (Å²) in [6, 6.07) is 19.1. The van der Waals surface area contributed by atoms with Gasteiger partial charge < -0.3 is 20.0 Å². The van der Waals surface area contributed by atoms with E-state index in [-0.39, 0.29) is 18.2 Å². The summed E-state index contributed by atoms with van der Waals surface area (Å²) >= 11 is 0. The summed E-state index contributed by atoms with van der Waals surface area (Å²) in [6.45, 7) is -0.529. The Balaban J connectivity index is 1.88. The largest absolute Gasteiger partial charge is 0.546 e. The monoisotopic (exact) mass is 346 g/mol. The van der Waals surface area contributed by atoms with Crippen molar-refractivity contribution in [3.05, 3.63) is 71.8 Å². The normalized spacial score (nSPS) is 16.0. The van der Waals surface area contributed by atoms with Crippen molar-refractivity contribution < 1.29 is 19.4 Å². The molecule has 0 saturated heterocycles. The average molecular weight is 346 g/mol. The second-order valence-electron chi connectivity index (χ2n) is 6.25. The molecule has 0 spiro atoms. The van der Waals surface area contributed by atoms with Crippen molar-refractivity contribution >= 4 is 28.3 Å². The molecule has 1 amide bonds. The Labute approximate surface area is 150 Å². The highest BCUT2D eigenvalue weighted by Gasteiger charge is 2.30. The summed E-state index contributed by atoms with van der Waals surface area (Å²) in [5.41, 5.74) is 2.59. The van der Waals surface area contributed by atoms with Crippen molar-refractivity contribution in [2.75, 3.05) is 11.9 Å². The summed E-state index contributed by atoms with van der Waals surface area (Å²) < 4.78 is 5.42. The van der Waals surface area contributed by atoms with Crippen molar-refractivity contribution in [3.63, 3.8) is 0 Å². The number of aliphatic carboxylic acids is 1. The molecule has 1 aliphatic rings. The average Bonchev–Trinajstić information content (AvgIpc) is 2.65. The lowest BCUT2D eigenvalue weighted by Crippen LogP contribution is -2.29. The number of hydrogen-bond acceptors (Lipinski definition) is 4. The number of anilines is 1. The van der Waals surface area contributed by atoms with Crippen LogP contribution in [-0.2, 0) is 9.59 Å². The first-order valence-electron chi connectivity index (χ1n) is 8.36. The number of hydrogen-bond donors (Lipinski definition) is 1. The van der Waals surface area contributed by atoms with E-state index in [1.807, 2.05) is 48.5 Å². The van der Waals surface area contributed by atoms with Crippen LogP contribution in [0.3, 0.4) is 0 Å². The molecule has 0 aliphatic carbocycles. The quantitative estimate of drug-likeness (QED) is 0.787. The molecular formula is C21H16NO4-. The van der Waals surface area contributed by atoms with Gasteiger partial charge in [-0.1, -0.05) is 48.5 Å². The topological polar surface area (TPSA) is 78.5 Å². The summed E-state index contributed by atoms with van der Waals surface area (Å²) in [6.07, 6.45) is 0.271. The molecule has 5 nitrogen and oxygen atoms in total. The molecule has 0 bridgehead atoms. The van der Waals surface area contributed by atoms with Gasteiger partial charge in [-0.3, -0.25) is 4.79 Å². The maximum Gasteiger partial charge on any atom is 0.225 e. The van der Waals surface area contributed by atoms with Crippen molar-refractivity contribution in [1.82, 2.24) is 0 Å². The van der Waals surface area contributed by atoms with Crippen LogP contribution in [0.4, 0.5) is 5.69 Å². The van der Waals surface area contributed by atoms with Gasteiger partial charge in [0.05, 0.1) is 5.97 Å². The van der Waals surface area contributed by atoms with Crippen LogP contribution in [-0.4, -0.2) is 18.5 Å². The fourth-order valence-corrected chi connectivity index (χ4v) is 3.57. The van der Waals surface area contributed by atoms with Gasteiger partial charge in [0, 0.05) is 23.6 Å². The zero-order chi connectivity index (χ0) is 18.1. The van der Waals surface area contributed by atoms with E-state index in [9.17, 15) is 14.7 Å². The van der Waals surface area contributed by atoms with Crippen molar-refractivity contribution in [2.45, 2.75) is 12.3 Å². The van der Waals surface area contributed by atoms with Gasteiger partial charge in [-0.25, -0.2) is 0 Å². The molecule has 1 atom stereocenters. The van der Waals surface area contributed by atoms with Crippen LogP contribution in [0.25, 0.3) is 10.8 Å². The van der Waals surface area contributed by atoms with Crippen molar-refractivity contribution in [2.24, 2.45) is 0 Å². The molecule has 3 aromatic carbocycles. The molecule has 1 aliphatic heterocycles. The van der Waals surface area contributed by atoms with Gasteiger partial charge in [0.1, 0.15) is 12.4 Å². The van der Waals surface area contributed by atoms with E-state index < -0.39 is 12.6 Å². The predicted molar refractivity (Wildman–Crippen MR) is 96.0 cm³/mol. The molecule has 5 heteroatoms. The highest BCUT2D eigenvalue weighted by Crippen LogP contribution is 2.44. The smallest absolute Gasteiger partial charge is 0.225 e. The third-order valence-electron chi connectivity index (χ3n) is 4.62. The van der Waals surface area contributed by atoms with Crippen LogP contribution in [0.2, 0.25) is 0 Å². The second kappa shape index (κ2) is 6.52. The predicted octanol–water partition coefficient (Wildman–Crippen LogP) is 2.44. The lowest BCUT2D eigenvalue weighted by atomic mass is 9.81. The second-order valence-corrected chi connectivity index (χ2v) is 6.25. The van der Waals surface area contributed by atoms with Crippen LogP contribution < -0.4 is 15.2 Å². The zero-order valence-corrected chi connectivity index (χ0v) is 13.9. The van der Waals surface area contributed by atoms with Crippen LogP contribution >= 0.6 is 0 Å². The third kappa shape index (κ3) is 2.88. The molecule has 0 aromatic heterocycles. The Morgan fingerprint density at radius 2 is 1.85 bits per heavy atom. The molecule has 1 heterocycles. The Bertz CT molecular complexity index is 1010. The van der Waals surface area contributed by atoms with E-state index in [1.165, 1.54) is 0 Å². The first-order valence-corrected chi connectivity index (χ1v) is 8.36. The minimum atomic E-state index is -1.29. The number of rotatable bonds is 4. The fourth-order valence-electron chi connectivity index (χ4n) is 3.57. The Hall–Kier alpha value is -3.34. The first kappa shape index (κ1) is 16.1. The summed E-state index contributed by atoms with van der Waals surface area (Å²) in [4.78, 5) is 23.1. The number of carboxylic acid groups (broad SMARTS) is 1. The molecule has 3 aromatic rings. The van der Waals surface area contributed by atoms with Crippen molar-refractivity contribution in [1.29, 1.82) is 0 Å². The molecule has 1 N–H and O–H groups in total. The summed E-state index contributed by atoms with van der Waals surface area (Å²) in [7, 11) is 0. The van der Waals surface area contributed by atoms with E-state index in [0.29, 0.717) is 5.75 Å². The summed E-state index contributed by atoms with van der Waals surface area (Å²) in [5.74, 6) is -1.13. The number of nitrogens with one attached hydrogen (secondary N) is 1. The maximum atomic E-state index is 12.3. The Kier molecular flexibility index (Phi) is 4.05. The van der Waals surface area contributed by atoms with Crippen LogP contribution in [0.15, 0.2) is 60.7 Å². The van der Waals surface area contributed by atoms with E-state index in [2.05, 4.69) is 5.32 Å². The SMILES string of the molecule is O=C([O-])COc1ccccc1[C@H]1CC(=O)Nc2ccc3ccccc3c21. The highest BCUT2D eigenvalue weighted by molar-refractivity contribution is 6.01. The standard InChI is InChI=1S/C21H17NO4/c23-19-11-16(15-7-3-4-8-18(15)26-12-20(24)25)21-14-6-2-1-5-13(14)9-10-17(21)22-19/h1-10,16H,11-12H2,(H,22,23)(H,24,25)/p-1/t16-/m1/s1. The van der Waals surface area contributed by atoms with Gasteiger partial charge in [0.15, 0.2) is 0 Å². The number of carboxylic acids is 1. The van der Waals surface area contributed by atoms with Gasteiger partial charge in [-0.2, -0.15) is 0 Å². The zero-order valence-electron chi connectivity index (χ0n) is 13.9. The van der Waals surface area contributed by atoms with Crippen LogP contribution in [0.5, 0.6) is 5.75 Å². The lowest BCUT2D eigenvalue weighted by Gasteiger charge is -2.29. The molecule has 0 unspecified atom stereocenters. The number of amides is 1. The van der Waals surface area contributed by atoms with Crippen molar-refractivity contribution in [3.8, 4) is 5.75 Å². The molecule has 130 valence electrons. The van der Waals surface area contributed by atoms with E-state index >= 15 is 0 Å². The van der Waals surface area contributed by atoms with Crippen LogP contribution in [0, 0.1) is 0 Å². The van der Waals surface area contributed by atoms with Crippen LogP contribution in [0.1, 0.15) is 23.5 Å². The molecule has 4 rings (SSSR count). The van der Waals surface area contributed by atoms with Gasteiger partial charge in [0.25, 0.3) is 0 Å². The molecule has 0 radical (unpaired) electrons. The third-order valence-corrected chi connectivity index (χ3v) is 4.62. The Morgan fingerprint density at radius 3 is 2.69 bits per heavy atom.